The average molecular weight is 314 g/mol. The number of aromatic carboxylic acids is 1. The van der Waals surface area contributed by atoms with E-state index in [9.17, 15) is 13.2 Å². The van der Waals surface area contributed by atoms with Crippen LogP contribution in [0.15, 0.2) is 23.1 Å². The molecule has 7 nitrogen and oxygen atoms in total. The Morgan fingerprint density at radius 1 is 1.48 bits per heavy atom. The van der Waals surface area contributed by atoms with Crippen molar-refractivity contribution in [2.45, 2.75) is 23.8 Å². The molecule has 0 bridgehead atoms. The van der Waals surface area contributed by atoms with Gasteiger partial charge in [0.1, 0.15) is 11.3 Å². The summed E-state index contributed by atoms with van der Waals surface area (Å²) in [6.07, 6.45) is 1.48. The minimum Gasteiger partial charge on any atom is -0.496 e. The molecule has 1 fully saturated rings. The molecule has 0 unspecified atom stereocenters. The zero-order valence-corrected chi connectivity index (χ0v) is 12.5. The molecule has 1 aromatic carbocycles. The van der Waals surface area contributed by atoms with Gasteiger partial charge in [-0.05, 0) is 31.0 Å². The van der Waals surface area contributed by atoms with E-state index in [-0.39, 0.29) is 28.8 Å². The van der Waals surface area contributed by atoms with Crippen LogP contribution in [0.4, 0.5) is 0 Å². The molecule has 0 aliphatic carbocycles. The Kier molecular flexibility index (Phi) is 4.50. The molecule has 1 heterocycles. The maximum atomic E-state index is 12.5. The van der Waals surface area contributed by atoms with Crippen LogP contribution in [-0.2, 0) is 10.0 Å². The van der Waals surface area contributed by atoms with Gasteiger partial charge in [0.25, 0.3) is 0 Å². The number of carboxylic acids is 1. The zero-order chi connectivity index (χ0) is 15.6. The largest absolute Gasteiger partial charge is 0.496 e. The fraction of sp³-hybridized carbons (Fsp3) is 0.462. The van der Waals surface area contributed by atoms with Gasteiger partial charge in [0, 0.05) is 19.1 Å². The summed E-state index contributed by atoms with van der Waals surface area (Å²) in [4.78, 5) is 11.1. The lowest BCUT2D eigenvalue weighted by molar-refractivity contribution is 0.0693. The van der Waals surface area contributed by atoms with Crippen molar-refractivity contribution in [3.63, 3.8) is 0 Å². The maximum absolute atomic E-state index is 12.5. The van der Waals surface area contributed by atoms with Gasteiger partial charge in [-0.1, -0.05) is 0 Å². The number of rotatable bonds is 4. The number of methoxy groups -OCH3 is 1. The number of hydrogen-bond acceptors (Lipinski definition) is 5. The van der Waals surface area contributed by atoms with Crippen molar-refractivity contribution in [2.24, 2.45) is 5.73 Å². The summed E-state index contributed by atoms with van der Waals surface area (Å²) in [6, 6.07) is 3.63. The van der Waals surface area contributed by atoms with Gasteiger partial charge in [0.2, 0.25) is 10.0 Å². The van der Waals surface area contributed by atoms with Crippen molar-refractivity contribution in [2.75, 3.05) is 20.2 Å². The third-order valence-corrected chi connectivity index (χ3v) is 5.32. The van der Waals surface area contributed by atoms with Crippen molar-refractivity contribution in [1.82, 2.24) is 4.31 Å². The van der Waals surface area contributed by atoms with E-state index >= 15 is 0 Å². The highest BCUT2D eigenvalue weighted by atomic mass is 32.2. The van der Waals surface area contributed by atoms with Crippen LogP contribution in [0, 0.1) is 0 Å². The molecule has 1 aliphatic rings. The normalized spacial score (nSPS) is 20.2. The van der Waals surface area contributed by atoms with E-state index in [4.69, 9.17) is 15.6 Å². The predicted molar refractivity (Wildman–Crippen MR) is 75.9 cm³/mol. The van der Waals surface area contributed by atoms with Gasteiger partial charge >= 0.3 is 5.97 Å². The molecule has 1 aliphatic heterocycles. The third kappa shape index (κ3) is 3.17. The number of ether oxygens (including phenoxy) is 1. The van der Waals surface area contributed by atoms with Crippen molar-refractivity contribution in [3.05, 3.63) is 23.8 Å². The number of nitrogens with zero attached hydrogens (tertiary/aromatic N) is 1. The molecule has 0 amide bonds. The minimum absolute atomic E-state index is 0.0604. The Morgan fingerprint density at radius 2 is 2.19 bits per heavy atom. The highest BCUT2D eigenvalue weighted by Crippen LogP contribution is 2.26. The molecule has 8 heteroatoms. The lowest BCUT2D eigenvalue weighted by Crippen LogP contribution is -2.45. The standard InChI is InChI=1S/C13H18N2O5S/c1-20-12-5-4-10(7-11(12)13(16)17)21(18,19)15-6-2-3-9(14)8-15/h4-5,7,9H,2-3,6,8,14H2,1H3,(H,16,17)/t9-/m1/s1. The molecule has 0 radical (unpaired) electrons. The fourth-order valence-corrected chi connectivity index (χ4v) is 3.92. The Labute approximate surface area is 123 Å². The number of piperidine rings is 1. The SMILES string of the molecule is COc1ccc(S(=O)(=O)N2CCC[C@@H](N)C2)cc1C(=O)O. The molecule has 3 N–H and O–H groups in total. The molecule has 1 aromatic rings. The first kappa shape index (κ1) is 15.7. The quantitative estimate of drug-likeness (QED) is 0.837. The van der Waals surface area contributed by atoms with Crippen LogP contribution in [0.1, 0.15) is 23.2 Å². The minimum atomic E-state index is -3.74. The average Bonchev–Trinajstić information content (AvgIpc) is 2.46. The molecule has 0 aromatic heterocycles. The third-order valence-electron chi connectivity index (χ3n) is 3.46. The van der Waals surface area contributed by atoms with Gasteiger partial charge in [0.15, 0.2) is 0 Å². The molecular formula is C13H18N2O5S. The second-order valence-corrected chi connectivity index (χ2v) is 6.87. The molecule has 116 valence electrons. The molecular weight excluding hydrogens is 296 g/mol. The van der Waals surface area contributed by atoms with Crippen LogP contribution in [-0.4, -0.2) is 50.0 Å². The van der Waals surface area contributed by atoms with Crippen molar-refractivity contribution >= 4 is 16.0 Å². The summed E-state index contributed by atoms with van der Waals surface area (Å²) in [6.45, 7) is 0.640. The van der Waals surface area contributed by atoms with E-state index in [2.05, 4.69) is 0 Å². The van der Waals surface area contributed by atoms with Gasteiger partial charge in [-0.2, -0.15) is 4.31 Å². The summed E-state index contributed by atoms with van der Waals surface area (Å²) < 4.78 is 31.3. The van der Waals surface area contributed by atoms with Crippen LogP contribution in [0.25, 0.3) is 0 Å². The Hall–Kier alpha value is -1.64. The fourth-order valence-electron chi connectivity index (χ4n) is 2.36. The van der Waals surface area contributed by atoms with Gasteiger partial charge < -0.3 is 15.6 Å². The summed E-state index contributed by atoms with van der Waals surface area (Å²) in [5.41, 5.74) is 5.62. The molecule has 21 heavy (non-hydrogen) atoms. The summed E-state index contributed by atoms with van der Waals surface area (Å²) in [7, 11) is -2.41. The Bertz CT molecular complexity index is 644. The number of hydrogen-bond donors (Lipinski definition) is 2. The first-order chi connectivity index (χ1) is 9.86. The van der Waals surface area contributed by atoms with E-state index in [1.54, 1.807) is 0 Å². The van der Waals surface area contributed by atoms with Crippen LogP contribution < -0.4 is 10.5 Å². The molecule has 0 spiro atoms. The van der Waals surface area contributed by atoms with E-state index in [0.29, 0.717) is 13.0 Å². The lowest BCUT2D eigenvalue weighted by atomic mass is 10.1. The maximum Gasteiger partial charge on any atom is 0.339 e. The van der Waals surface area contributed by atoms with E-state index < -0.39 is 16.0 Å². The summed E-state index contributed by atoms with van der Waals surface area (Å²) in [5.74, 6) is -1.11. The van der Waals surface area contributed by atoms with Crippen LogP contribution in [0.3, 0.4) is 0 Å². The first-order valence-electron chi connectivity index (χ1n) is 6.53. The van der Waals surface area contributed by atoms with E-state index in [1.165, 1.54) is 23.5 Å². The van der Waals surface area contributed by atoms with E-state index in [0.717, 1.165) is 12.5 Å². The summed E-state index contributed by atoms with van der Waals surface area (Å²) >= 11 is 0. The van der Waals surface area contributed by atoms with Crippen molar-refractivity contribution in [3.8, 4) is 5.75 Å². The number of benzene rings is 1. The predicted octanol–water partition coefficient (Wildman–Crippen LogP) is 0.505. The monoisotopic (exact) mass is 314 g/mol. The molecule has 1 saturated heterocycles. The summed E-state index contributed by atoms with van der Waals surface area (Å²) in [5, 5.41) is 9.13. The Morgan fingerprint density at radius 3 is 2.76 bits per heavy atom. The number of sulfonamides is 1. The second kappa shape index (κ2) is 6.00. The van der Waals surface area contributed by atoms with Gasteiger partial charge in [-0.25, -0.2) is 13.2 Å². The van der Waals surface area contributed by atoms with Gasteiger partial charge in [-0.3, -0.25) is 0 Å². The smallest absolute Gasteiger partial charge is 0.339 e. The first-order valence-corrected chi connectivity index (χ1v) is 7.97. The molecule has 1 atom stereocenters. The van der Waals surface area contributed by atoms with Crippen LogP contribution in [0.5, 0.6) is 5.75 Å². The van der Waals surface area contributed by atoms with E-state index in [1.807, 2.05) is 0 Å². The zero-order valence-electron chi connectivity index (χ0n) is 11.7. The Balaban J connectivity index is 2.40. The second-order valence-electron chi connectivity index (χ2n) is 4.93. The highest BCUT2D eigenvalue weighted by molar-refractivity contribution is 7.89. The topological polar surface area (TPSA) is 110 Å². The molecule has 2 rings (SSSR count). The van der Waals surface area contributed by atoms with Crippen molar-refractivity contribution < 1.29 is 23.1 Å². The number of nitrogens with two attached hydrogens (primary N) is 1. The number of carbonyl (C=O) groups is 1. The van der Waals surface area contributed by atoms with Gasteiger partial charge in [-0.15, -0.1) is 0 Å². The van der Waals surface area contributed by atoms with Crippen molar-refractivity contribution in [1.29, 1.82) is 0 Å². The van der Waals surface area contributed by atoms with Crippen LogP contribution in [0.2, 0.25) is 0 Å². The highest BCUT2D eigenvalue weighted by Gasteiger charge is 2.30. The lowest BCUT2D eigenvalue weighted by Gasteiger charge is -2.30. The van der Waals surface area contributed by atoms with Crippen LogP contribution >= 0.6 is 0 Å². The van der Waals surface area contributed by atoms with Gasteiger partial charge in [0.05, 0.1) is 12.0 Å². The molecule has 0 saturated carbocycles. The number of carboxylic acid groups (broad SMARTS) is 1.